The number of amides is 1. The minimum atomic E-state index is -2.87. The molecule has 6 nitrogen and oxygen atoms in total. The number of nitrogens with zero attached hydrogens (tertiary/aromatic N) is 3. The van der Waals surface area contributed by atoms with Gasteiger partial charge in [0, 0.05) is 6.20 Å². The standard InChI is InChI=1S/C10H10F2N4O2/c1-5-8(6(2)18-15-5)14-9(17)7-3-4-13-16(7)10(11)12/h3-4,10H,1-2H3,(H,14,17). The first-order valence-electron chi connectivity index (χ1n) is 5.06. The van der Waals surface area contributed by atoms with Crippen molar-refractivity contribution in [2.75, 3.05) is 5.32 Å². The van der Waals surface area contributed by atoms with Crippen LogP contribution in [-0.2, 0) is 0 Å². The topological polar surface area (TPSA) is 73.0 Å². The van der Waals surface area contributed by atoms with E-state index in [9.17, 15) is 13.6 Å². The molecular weight excluding hydrogens is 246 g/mol. The average molecular weight is 256 g/mol. The van der Waals surface area contributed by atoms with Crippen molar-refractivity contribution in [3.8, 4) is 0 Å². The highest BCUT2D eigenvalue weighted by Crippen LogP contribution is 2.20. The third-order valence-electron chi connectivity index (χ3n) is 2.36. The molecule has 0 unspecified atom stereocenters. The van der Waals surface area contributed by atoms with Gasteiger partial charge in [0.05, 0.1) is 0 Å². The molecule has 0 saturated heterocycles. The Kier molecular flexibility index (Phi) is 3.09. The summed E-state index contributed by atoms with van der Waals surface area (Å²) in [6, 6.07) is 1.21. The van der Waals surface area contributed by atoms with E-state index in [2.05, 4.69) is 15.6 Å². The molecule has 1 N–H and O–H groups in total. The van der Waals surface area contributed by atoms with Crippen LogP contribution in [0.2, 0.25) is 0 Å². The van der Waals surface area contributed by atoms with Gasteiger partial charge in [-0.05, 0) is 19.9 Å². The van der Waals surface area contributed by atoms with Crippen molar-refractivity contribution in [1.29, 1.82) is 0 Å². The Morgan fingerprint density at radius 1 is 1.50 bits per heavy atom. The van der Waals surface area contributed by atoms with Crippen molar-refractivity contribution in [3.63, 3.8) is 0 Å². The third-order valence-corrected chi connectivity index (χ3v) is 2.36. The Morgan fingerprint density at radius 3 is 2.78 bits per heavy atom. The lowest BCUT2D eigenvalue weighted by molar-refractivity contribution is 0.0520. The van der Waals surface area contributed by atoms with E-state index in [1.807, 2.05) is 0 Å². The fraction of sp³-hybridized carbons (Fsp3) is 0.300. The number of hydrogen-bond acceptors (Lipinski definition) is 4. The lowest BCUT2D eigenvalue weighted by atomic mass is 10.3. The molecule has 0 aliphatic heterocycles. The second-order valence-electron chi connectivity index (χ2n) is 3.59. The van der Waals surface area contributed by atoms with Crippen LogP contribution in [0.4, 0.5) is 14.5 Å². The fourth-order valence-corrected chi connectivity index (χ4v) is 1.49. The lowest BCUT2D eigenvalue weighted by Crippen LogP contribution is -2.18. The van der Waals surface area contributed by atoms with Crippen molar-refractivity contribution >= 4 is 11.6 Å². The molecule has 0 fully saturated rings. The van der Waals surface area contributed by atoms with Crippen molar-refractivity contribution in [3.05, 3.63) is 29.4 Å². The van der Waals surface area contributed by atoms with Gasteiger partial charge >= 0.3 is 6.55 Å². The number of anilines is 1. The minimum absolute atomic E-state index is 0.231. The van der Waals surface area contributed by atoms with Crippen LogP contribution in [0.1, 0.15) is 28.5 Å². The average Bonchev–Trinajstić information content (AvgIpc) is 2.90. The van der Waals surface area contributed by atoms with Gasteiger partial charge in [-0.3, -0.25) is 4.79 Å². The molecule has 0 atom stereocenters. The summed E-state index contributed by atoms with van der Waals surface area (Å²) in [5, 5.41) is 9.49. The molecule has 2 heterocycles. The molecular formula is C10H10F2N4O2. The molecule has 1 amide bonds. The van der Waals surface area contributed by atoms with E-state index in [-0.39, 0.29) is 5.69 Å². The maximum atomic E-state index is 12.5. The Balaban J connectivity index is 2.25. The zero-order chi connectivity index (χ0) is 13.3. The van der Waals surface area contributed by atoms with Crippen molar-refractivity contribution in [1.82, 2.24) is 14.9 Å². The summed E-state index contributed by atoms with van der Waals surface area (Å²) in [5.74, 6) is -0.286. The summed E-state index contributed by atoms with van der Waals surface area (Å²) in [6.07, 6.45) is 1.13. The van der Waals surface area contributed by atoms with Crippen molar-refractivity contribution < 1.29 is 18.1 Å². The molecule has 0 bridgehead atoms. The molecule has 0 saturated carbocycles. The summed E-state index contributed by atoms with van der Waals surface area (Å²) >= 11 is 0. The van der Waals surface area contributed by atoms with E-state index < -0.39 is 12.5 Å². The quantitative estimate of drug-likeness (QED) is 0.913. The predicted octanol–water partition coefficient (Wildman–Crippen LogP) is 2.14. The summed E-state index contributed by atoms with van der Waals surface area (Å²) in [7, 11) is 0. The molecule has 0 aliphatic carbocycles. The maximum absolute atomic E-state index is 12.5. The number of hydrogen-bond donors (Lipinski definition) is 1. The normalized spacial score (nSPS) is 10.9. The summed E-state index contributed by atoms with van der Waals surface area (Å²) in [4.78, 5) is 11.8. The smallest absolute Gasteiger partial charge is 0.333 e. The number of carbonyl (C=O) groups excluding carboxylic acids is 1. The van der Waals surface area contributed by atoms with Crippen LogP contribution in [-0.4, -0.2) is 20.8 Å². The molecule has 0 aromatic carbocycles. The monoisotopic (exact) mass is 256 g/mol. The van der Waals surface area contributed by atoms with Crippen LogP contribution < -0.4 is 5.32 Å². The molecule has 0 spiro atoms. The van der Waals surface area contributed by atoms with Crippen LogP contribution in [0, 0.1) is 13.8 Å². The van der Waals surface area contributed by atoms with Gasteiger partial charge < -0.3 is 9.84 Å². The van der Waals surface area contributed by atoms with Crippen LogP contribution in [0.25, 0.3) is 0 Å². The van der Waals surface area contributed by atoms with Crippen LogP contribution in [0.5, 0.6) is 0 Å². The van der Waals surface area contributed by atoms with E-state index in [0.29, 0.717) is 21.8 Å². The molecule has 0 aliphatic rings. The van der Waals surface area contributed by atoms with Crippen LogP contribution in [0.15, 0.2) is 16.8 Å². The Morgan fingerprint density at radius 2 is 2.22 bits per heavy atom. The third kappa shape index (κ3) is 2.08. The van der Waals surface area contributed by atoms with Gasteiger partial charge in [0.25, 0.3) is 5.91 Å². The SMILES string of the molecule is Cc1noc(C)c1NC(=O)c1ccnn1C(F)F. The minimum Gasteiger partial charge on any atom is -0.359 e. The zero-order valence-corrected chi connectivity index (χ0v) is 9.65. The van der Waals surface area contributed by atoms with E-state index in [1.54, 1.807) is 13.8 Å². The van der Waals surface area contributed by atoms with Gasteiger partial charge in [-0.2, -0.15) is 18.6 Å². The molecule has 96 valence electrons. The number of rotatable bonds is 3. The molecule has 0 radical (unpaired) electrons. The second-order valence-corrected chi connectivity index (χ2v) is 3.59. The van der Waals surface area contributed by atoms with Crippen LogP contribution in [0.3, 0.4) is 0 Å². The number of aryl methyl sites for hydroxylation is 2. The van der Waals surface area contributed by atoms with Crippen molar-refractivity contribution in [2.45, 2.75) is 20.4 Å². The molecule has 2 rings (SSSR count). The summed E-state index contributed by atoms with van der Waals surface area (Å²) < 4.78 is 30.3. The highest BCUT2D eigenvalue weighted by Gasteiger charge is 2.20. The Bertz CT molecular complexity index is 557. The van der Waals surface area contributed by atoms with Gasteiger partial charge in [-0.25, -0.2) is 0 Å². The number of alkyl halides is 2. The predicted molar refractivity (Wildman–Crippen MR) is 57.4 cm³/mol. The summed E-state index contributed by atoms with van der Waals surface area (Å²) in [6.45, 7) is 0.377. The molecule has 8 heteroatoms. The summed E-state index contributed by atoms with van der Waals surface area (Å²) in [5.41, 5.74) is 0.621. The van der Waals surface area contributed by atoms with E-state index >= 15 is 0 Å². The first kappa shape index (κ1) is 12.2. The van der Waals surface area contributed by atoms with Gasteiger partial charge in [0.15, 0.2) is 5.76 Å². The number of nitrogens with one attached hydrogen (secondary N) is 1. The highest BCUT2D eigenvalue weighted by molar-refractivity contribution is 6.03. The Labute approximate surface area is 101 Å². The zero-order valence-electron chi connectivity index (χ0n) is 9.65. The second kappa shape index (κ2) is 4.55. The number of halogens is 2. The molecule has 2 aromatic rings. The van der Waals surface area contributed by atoms with Crippen molar-refractivity contribution in [2.24, 2.45) is 0 Å². The number of aromatic nitrogens is 3. The van der Waals surface area contributed by atoms with Gasteiger partial charge in [-0.15, -0.1) is 0 Å². The Hall–Kier alpha value is -2.25. The number of carbonyl (C=O) groups is 1. The fourth-order valence-electron chi connectivity index (χ4n) is 1.49. The first-order chi connectivity index (χ1) is 8.50. The van der Waals surface area contributed by atoms with Gasteiger partial charge in [0.2, 0.25) is 0 Å². The van der Waals surface area contributed by atoms with Gasteiger partial charge in [0.1, 0.15) is 17.1 Å². The van der Waals surface area contributed by atoms with E-state index in [0.717, 1.165) is 6.20 Å². The maximum Gasteiger partial charge on any atom is 0.333 e. The van der Waals surface area contributed by atoms with E-state index in [1.165, 1.54) is 6.07 Å². The van der Waals surface area contributed by atoms with E-state index in [4.69, 9.17) is 4.52 Å². The van der Waals surface area contributed by atoms with Crippen LogP contribution >= 0.6 is 0 Å². The lowest BCUT2D eigenvalue weighted by Gasteiger charge is -2.06. The molecule has 2 aromatic heterocycles. The largest absolute Gasteiger partial charge is 0.359 e. The molecule has 18 heavy (non-hydrogen) atoms. The van der Waals surface area contributed by atoms with Gasteiger partial charge in [-0.1, -0.05) is 5.16 Å². The first-order valence-corrected chi connectivity index (χ1v) is 5.06. The highest BCUT2D eigenvalue weighted by atomic mass is 19.3.